The minimum Gasteiger partial charge on any atom is -0.310 e. The summed E-state index contributed by atoms with van der Waals surface area (Å²) in [5, 5.41) is 4.60. The lowest BCUT2D eigenvalue weighted by molar-refractivity contribution is 0.542. The minimum atomic E-state index is -0.277. The molecule has 0 spiro atoms. The Hall–Kier alpha value is -0.610. The Balaban J connectivity index is 2.33. The van der Waals surface area contributed by atoms with Crippen molar-refractivity contribution in [3.8, 4) is 0 Å². The molecule has 0 aromatic heterocycles. The van der Waals surface area contributed by atoms with Crippen LogP contribution >= 0.6 is 39.1 Å². The molecule has 21 heavy (non-hydrogen) atoms. The van der Waals surface area contributed by atoms with E-state index in [9.17, 15) is 4.39 Å². The summed E-state index contributed by atoms with van der Waals surface area (Å²) in [6, 6.07) is 10.5. The third-order valence-electron chi connectivity index (χ3n) is 3.27. The number of likely N-dealkylation sites (N-methyl/N-ethyl adjacent to an activating group) is 1. The zero-order valence-electron chi connectivity index (χ0n) is 11.5. The van der Waals surface area contributed by atoms with Gasteiger partial charge in [-0.15, -0.1) is 0 Å². The molecule has 0 saturated heterocycles. The van der Waals surface area contributed by atoms with Gasteiger partial charge >= 0.3 is 0 Å². The van der Waals surface area contributed by atoms with Crippen molar-refractivity contribution >= 4 is 39.1 Å². The van der Waals surface area contributed by atoms with E-state index in [1.54, 1.807) is 6.07 Å². The van der Waals surface area contributed by atoms with E-state index < -0.39 is 0 Å². The van der Waals surface area contributed by atoms with Crippen LogP contribution in [0.3, 0.4) is 0 Å². The van der Waals surface area contributed by atoms with Crippen molar-refractivity contribution in [2.24, 2.45) is 0 Å². The Labute approximate surface area is 142 Å². The van der Waals surface area contributed by atoms with Gasteiger partial charge in [-0.2, -0.15) is 0 Å². The van der Waals surface area contributed by atoms with Crippen molar-refractivity contribution in [1.82, 2.24) is 5.32 Å². The van der Waals surface area contributed by atoms with Crippen LogP contribution in [0.5, 0.6) is 0 Å². The van der Waals surface area contributed by atoms with Gasteiger partial charge in [0.05, 0.1) is 4.47 Å². The standard InChI is InChI=1S/C16H15BrCl2FN/c1-2-21-16(10-6-7-12(17)15(20)8-10)9-11-13(18)4-3-5-14(11)19/h3-8,16,21H,2,9H2,1H3. The highest BCUT2D eigenvalue weighted by molar-refractivity contribution is 9.10. The SMILES string of the molecule is CCNC(Cc1c(Cl)cccc1Cl)c1ccc(Br)c(F)c1. The largest absolute Gasteiger partial charge is 0.310 e. The molecule has 0 aliphatic heterocycles. The number of hydrogen-bond acceptors (Lipinski definition) is 1. The third kappa shape index (κ3) is 4.19. The van der Waals surface area contributed by atoms with Crippen LogP contribution in [-0.4, -0.2) is 6.54 Å². The molecule has 0 fully saturated rings. The number of nitrogens with one attached hydrogen (secondary N) is 1. The summed E-state index contributed by atoms with van der Waals surface area (Å²) < 4.78 is 14.2. The van der Waals surface area contributed by atoms with Crippen molar-refractivity contribution in [2.75, 3.05) is 6.54 Å². The van der Waals surface area contributed by atoms with Gasteiger partial charge in [0.25, 0.3) is 0 Å². The van der Waals surface area contributed by atoms with E-state index >= 15 is 0 Å². The van der Waals surface area contributed by atoms with E-state index in [1.165, 1.54) is 6.07 Å². The summed E-state index contributed by atoms with van der Waals surface area (Å²) in [5.74, 6) is -0.277. The minimum absolute atomic E-state index is 0.0463. The Morgan fingerprint density at radius 3 is 2.43 bits per heavy atom. The van der Waals surface area contributed by atoms with Crippen molar-refractivity contribution in [1.29, 1.82) is 0 Å². The zero-order valence-corrected chi connectivity index (χ0v) is 14.6. The van der Waals surface area contributed by atoms with Crippen LogP contribution in [0.25, 0.3) is 0 Å². The summed E-state index contributed by atoms with van der Waals surface area (Å²) in [6.45, 7) is 2.78. The molecule has 0 saturated carbocycles. The number of benzene rings is 2. The number of hydrogen-bond donors (Lipinski definition) is 1. The molecule has 1 atom stereocenters. The monoisotopic (exact) mass is 389 g/mol. The molecule has 0 aliphatic rings. The van der Waals surface area contributed by atoms with Crippen molar-refractivity contribution in [3.05, 3.63) is 67.9 Å². The van der Waals surface area contributed by atoms with Crippen LogP contribution in [0.1, 0.15) is 24.1 Å². The van der Waals surface area contributed by atoms with Gasteiger partial charge in [-0.3, -0.25) is 0 Å². The number of rotatable bonds is 5. The average molecular weight is 391 g/mol. The zero-order chi connectivity index (χ0) is 15.4. The first-order valence-electron chi connectivity index (χ1n) is 6.64. The molecule has 0 heterocycles. The normalized spacial score (nSPS) is 12.4. The van der Waals surface area contributed by atoms with Gasteiger partial charge < -0.3 is 5.32 Å². The van der Waals surface area contributed by atoms with E-state index in [1.807, 2.05) is 31.2 Å². The number of halogens is 4. The first-order chi connectivity index (χ1) is 10.0. The maximum atomic E-state index is 13.8. The summed E-state index contributed by atoms with van der Waals surface area (Å²) in [7, 11) is 0. The molecule has 112 valence electrons. The Kier molecular flexibility index (Phi) is 6.06. The summed E-state index contributed by atoms with van der Waals surface area (Å²) in [4.78, 5) is 0. The van der Waals surface area contributed by atoms with Crippen molar-refractivity contribution in [2.45, 2.75) is 19.4 Å². The molecule has 0 radical (unpaired) electrons. The van der Waals surface area contributed by atoms with Crippen molar-refractivity contribution < 1.29 is 4.39 Å². The van der Waals surface area contributed by atoms with Crippen LogP contribution in [-0.2, 0) is 6.42 Å². The molecule has 0 amide bonds. The van der Waals surface area contributed by atoms with E-state index in [2.05, 4.69) is 21.2 Å². The van der Waals surface area contributed by atoms with Crippen LogP contribution in [0.15, 0.2) is 40.9 Å². The molecule has 2 aromatic carbocycles. The quantitative estimate of drug-likeness (QED) is 0.681. The van der Waals surface area contributed by atoms with Gasteiger partial charge in [-0.05, 0) is 64.3 Å². The predicted molar refractivity (Wildman–Crippen MR) is 90.7 cm³/mol. The van der Waals surface area contributed by atoms with E-state index in [0.717, 1.165) is 17.7 Å². The first-order valence-corrected chi connectivity index (χ1v) is 8.19. The predicted octanol–water partition coefficient (Wildman–Crippen LogP) is 5.79. The molecule has 5 heteroatoms. The van der Waals surface area contributed by atoms with Gasteiger partial charge in [0, 0.05) is 16.1 Å². The first kappa shape index (κ1) is 16.8. The molecule has 1 nitrogen and oxygen atoms in total. The highest BCUT2D eigenvalue weighted by Crippen LogP contribution is 2.30. The fraction of sp³-hybridized carbons (Fsp3) is 0.250. The molecule has 0 aliphatic carbocycles. The molecular weight excluding hydrogens is 376 g/mol. The Morgan fingerprint density at radius 1 is 1.19 bits per heavy atom. The van der Waals surface area contributed by atoms with E-state index in [4.69, 9.17) is 23.2 Å². The molecular formula is C16H15BrCl2FN. The Morgan fingerprint density at radius 2 is 1.86 bits per heavy atom. The van der Waals surface area contributed by atoms with Crippen LogP contribution < -0.4 is 5.32 Å². The highest BCUT2D eigenvalue weighted by atomic mass is 79.9. The van der Waals surface area contributed by atoms with E-state index in [0.29, 0.717) is 20.9 Å². The molecule has 0 bridgehead atoms. The fourth-order valence-electron chi connectivity index (χ4n) is 2.21. The smallest absolute Gasteiger partial charge is 0.137 e. The lowest BCUT2D eigenvalue weighted by atomic mass is 9.98. The van der Waals surface area contributed by atoms with Crippen LogP contribution in [0.2, 0.25) is 10.0 Å². The molecule has 2 rings (SSSR count). The highest BCUT2D eigenvalue weighted by Gasteiger charge is 2.16. The van der Waals surface area contributed by atoms with Crippen LogP contribution in [0, 0.1) is 5.82 Å². The van der Waals surface area contributed by atoms with Gasteiger partial charge in [0.2, 0.25) is 0 Å². The van der Waals surface area contributed by atoms with Crippen LogP contribution in [0.4, 0.5) is 4.39 Å². The summed E-state index contributed by atoms with van der Waals surface area (Å²) >= 11 is 15.6. The second-order valence-corrected chi connectivity index (χ2v) is 6.36. The Bertz CT molecular complexity index is 613. The maximum absolute atomic E-state index is 13.8. The topological polar surface area (TPSA) is 12.0 Å². The van der Waals surface area contributed by atoms with Gasteiger partial charge in [-0.25, -0.2) is 4.39 Å². The average Bonchev–Trinajstić information content (AvgIpc) is 2.45. The molecule has 1 unspecified atom stereocenters. The maximum Gasteiger partial charge on any atom is 0.137 e. The lowest BCUT2D eigenvalue weighted by Gasteiger charge is -2.20. The molecule has 2 aromatic rings. The second kappa shape index (κ2) is 7.59. The van der Waals surface area contributed by atoms with E-state index in [-0.39, 0.29) is 11.9 Å². The lowest BCUT2D eigenvalue weighted by Crippen LogP contribution is -2.23. The summed E-state index contributed by atoms with van der Waals surface area (Å²) in [6.07, 6.45) is 0.605. The van der Waals surface area contributed by atoms with Gasteiger partial charge in [0.1, 0.15) is 5.82 Å². The van der Waals surface area contributed by atoms with Gasteiger partial charge in [-0.1, -0.05) is 42.3 Å². The summed E-state index contributed by atoms with van der Waals surface area (Å²) in [5.41, 5.74) is 1.74. The molecule has 1 N–H and O–H groups in total. The fourth-order valence-corrected chi connectivity index (χ4v) is 3.01. The van der Waals surface area contributed by atoms with Gasteiger partial charge in [0.15, 0.2) is 0 Å². The second-order valence-electron chi connectivity index (χ2n) is 4.69. The van der Waals surface area contributed by atoms with Crippen molar-refractivity contribution in [3.63, 3.8) is 0 Å². The third-order valence-corrected chi connectivity index (χ3v) is 4.62.